The number of nitrogens with zero attached hydrogens (tertiary/aromatic N) is 2. The van der Waals surface area contributed by atoms with Crippen molar-refractivity contribution >= 4 is 17.0 Å². The molecular weight excluding hydrogens is 278 g/mol. The van der Waals surface area contributed by atoms with Crippen LogP contribution in [0.2, 0.25) is 0 Å². The summed E-state index contributed by atoms with van der Waals surface area (Å²) in [7, 11) is 0. The van der Waals surface area contributed by atoms with E-state index in [1.54, 1.807) is 38.1 Å². The molecule has 0 saturated heterocycles. The summed E-state index contributed by atoms with van der Waals surface area (Å²) in [5.41, 5.74) is 1.53. The van der Waals surface area contributed by atoms with Crippen molar-refractivity contribution in [2.24, 2.45) is 0 Å². The number of imidazole rings is 1. The number of carbonyl (C=O) groups is 1. The van der Waals surface area contributed by atoms with E-state index in [4.69, 9.17) is 4.74 Å². The van der Waals surface area contributed by atoms with E-state index in [1.807, 2.05) is 0 Å². The van der Waals surface area contributed by atoms with Crippen molar-refractivity contribution in [3.63, 3.8) is 0 Å². The second kappa shape index (κ2) is 6.03. The van der Waals surface area contributed by atoms with E-state index in [0.717, 1.165) is 10.1 Å². The van der Waals surface area contributed by atoms with Crippen LogP contribution in [0.3, 0.4) is 0 Å². The van der Waals surface area contributed by atoms with Crippen LogP contribution in [-0.2, 0) is 9.53 Å². The van der Waals surface area contributed by atoms with Gasteiger partial charge in [0.05, 0.1) is 11.0 Å². The number of alkyl halides is 2. The van der Waals surface area contributed by atoms with Crippen molar-refractivity contribution < 1.29 is 18.3 Å². The Kier molecular flexibility index (Phi) is 4.35. The third-order valence-electron chi connectivity index (χ3n) is 2.88. The molecule has 0 aliphatic heterocycles. The Morgan fingerprint density at radius 3 is 2.62 bits per heavy atom. The zero-order valence-corrected chi connectivity index (χ0v) is 12.0. The summed E-state index contributed by atoms with van der Waals surface area (Å²) in [6.45, 7) is 2.27. The summed E-state index contributed by atoms with van der Waals surface area (Å²) in [5, 5.41) is 0. The van der Waals surface area contributed by atoms with Gasteiger partial charge in [-0.05, 0) is 32.9 Å². The first kappa shape index (κ1) is 15.2. The highest BCUT2D eigenvalue weighted by molar-refractivity contribution is 5.83. The van der Waals surface area contributed by atoms with Gasteiger partial charge in [0.15, 0.2) is 11.9 Å². The first-order valence-corrected chi connectivity index (χ1v) is 6.50. The van der Waals surface area contributed by atoms with Crippen LogP contribution in [0.15, 0.2) is 35.9 Å². The largest absolute Gasteiger partial charge is 0.451 e. The van der Waals surface area contributed by atoms with E-state index < -0.39 is 18.6 Å². The number of esters is 1. The number of hydrogen-bond acceptors (Lipinski definition) is 3. The maximum absolute atomic E-state index is 13.3. The minimum absolute atomic E-state index is 0.0294. The van der Waals surface area contributed by atoms with Gasteiger partial charge in [-0.1, -0.05) is 17.7 Å². The van der Waals surface area contributed by atoms with Gasteiger partial charge in [-0.25, -0.2) is 9.78 Å². The molecule has 2 aromatic rings. The Bertz CT molecular complexity index is 688. The molecule has 2 rings (SSSR count). The minimum Gasteiger partial charge on any atom is -0.451 e. The van der Waals surface area contributed by atoms with Gasteiger partial charge in [0.1, 0.15) is 0 Å². The van der Waals surface area contributed by atoms with Crippen molar-refractivity contribution in [2.45, 2.75) is 33.4 Å². The summed E-state index contributed by atoms with van der Waals surface area (Å²) in [6, 6.07) is 6.58. The predicted octanol–water partition coefficient (Wildman–Crippen LogP) is 4.00. The van der Waals surface area contributed by atoms with Crippen LogP contribution in [0.4, 0.5) is 8.78 Å². The lowest BCUT2D eigenvalue weighted by molar-refractivity contribution is -0.143. The number of aromatic nitrogens is 2. The van der Waals surface area contributed by atoms with Crippen molar-refractivity contribution in [1.82, 2.24) is 9.55 Å². The third kappa shape index (κ3) is 3.26. The zero-order valence-electron chi connectivity index (χ0n) is 12.0. The van der Waals surface area contributed by atoms with Gasteiger partial charge in [0.2, 0.25) is 0 Å². The van der Waals surface area contributed by atoms with Crippen molar-refractivity contribution in [1.29, 1.82) is 0 Å². The van der Waals surface area contributed by atoms with E-state index >= 15 is 0 Å². The van der Waals surface area contributed by atoms with Crippen LogP contribution < -0.4 is 0 Å². The molecule has 1 heterocycles. The van der Waals surface area contributed by atoms with Gasteiger partial charge in [0.25, 0.3) is 0 Å². The third-order valence-corrected chi connectivity index (χ3v) is 2.88. The van der Waals surface area contributed by atoms with Gasteiger partial charge in [-0.15, -0.1) is 0 Å². The van der Waals surface area contributed by atoms with Crippen molar-refractivity contribution in [3.8, 4) is 0 Å². The van der Waals surface area contributed by atoms with Gasteiger partial charge in [-0.2, -0.15) is 8.78 Å². The zero-order chi connectivity index (χ0) is 15.6. The molecule has 6 heteroatoms. The molecule has 4 nitrogen and oxygen atoms in total. The average molecular weight is 294 g/mol. The van der Waals surface area contributed by atoms with E-state index in [1.165, 1.54) is 13.0 Å². The molecule has 1 aromatic carbocycles. The summed E-state index contributed by atoms with van der Waals surface area (Å²) in [5.74, 6) is -0.544. The van der Waals surface area contributed by atoms with Crippen LogP contribution in [0.1, 0.15) is 39.2 Å². The number of benzene rings is 1. The molecule has 0 N–H and O–H groups in total. The number of halogens is 2. The number of allylic oxidation sites excluding steroid dienone is 1. The van der Waals surface area contributed by atoms with E-state index in [0.29, 0.717) is 11.0 Å². The molecule has 0 fully saturated rings. The molecule has 21 heavy (non-hydrogen) atoms. The minimum atomic E-state index is -2.75. The molecular formula is C15H16F2N2O2. The number of para-hydroxylation sites is 2. The maximum atomic E-state index is 13.3. The second-order valence-electron chi connectivity index (χ2n) is 4.91. The van der Waals surface area contributed by atoms with E-state index in [2.05, 4.69) is 4.98 Å². The number of hydrogen-bond donors (Lipinski definition) is 0. The SMILES string of the molecule is CC(C)=CC(=O)OC(C)c1nc2ccccc2n1C(F)F. The van der Waals surface area contributed by atoms with Crippen LogP contribution in [-0.4, -0.2) is 15.5 Å². The molecule has 1 unspecified atom stereocenters. The highest BCUT2D eigenvalue weighted by atomic mass is 19.3. The normalized spacial score (nSPS) is 12.5. The first-order valence-electron chi connectivity index (χ1n) is 6.50. The number of ether oxygens (including phenoxy) is 1. The monoisotopic (exact) mass is 294 g/mol. The average Bonchev–Trinajstić information content (AvgIpc) is 2.76. The van der Waals surface area contributed by atoms with Gasteiger partial charge < -0.3 is 4.74 Å². The van der Waals surface area contributed by atoms with Crippen molar-refractivity contribution in [2.75, 3.05) is 0 Å². The topological polar surface area (TPSA) is 44.1 Å². The highest BCUT2D eigenvalue weighted by Gasteiger charge is 2.23. The number of carbonyl (C=O) groups excluding carboxylic acids is 1. The van der Waals surface area contributed by atoms with Crippen LogP contribution >= 0.6 is 0 Å². The summed E-state index contributed by atoms with van der Waals surface area (Å²) in [6.07, 6.45) is 0.445. The van der Waals surface area contributed by atoms with Crippen LogP contribution in [0, 0.1) is 0 Å². The number of fused-ring (bicyclic) bond motifs is 1. The molecule has 1 atom stereocenters. The lowest BCUT2D eigenvalue weighted by Gasteiger charge is -2.14. The number of rotatable bonds is 4. The Labute approximate surface area is 121 Å². The van der Waals surface area contributed by atoms with Crippen LogP contribution in [0.5, 0.6) is 0 Å². The Hall–Kier alpha value is -2.24. The van der Waals surface area contributed by atoms with Crippen molar-refractivity contribution in [3.05, 3.63) is 41.7 Å². The molecule has 0 radical (unpaired) electrons. The molecule has 0 amide bonds. The second-order valence-corrected chi connectivity index (χ2v) is 4.91. The quantitative estimate of drug-likeness (QED) is 0.632. The maximum Gasteiger partial charge on any atom is 0.331 e. The molecule has 112 valence electrons. The van der Waals surface area contributed by atoms with Gasteiger partial charge in [0, 0.05) is 6.08 Å². The molecule has 0 saturated carbocycles. The fourth-order valence-electron chi connectivity index (χ4n) is 2.05. The molecule has 1 aromatic heterocycles. The van der Waals surface area contributed by atoms with Crippen LogP contribution in [0.25, 0.3) is 11.0 Å². The standard InChI is InChI=1S/C15H16F2N2O2/c1-9(2)8-13(20)21-10(3)14-18-11-6-4-5-7-12(11)19(14)15(16)17/h4-8,10,15H,1-3H3. The molecule has 0 aliphatic carbocycles. The lowest BCUT2D eigenvalue weighted by Crippen LogP contribution is -2.13. The molecule has 0 aliphatic rings. The molecule has 0 spiro atoms. The molecule has 0 bridgehead atoms. The lowest BCUT2D eigenvalue weighted by atomic mass is 10.3. The summed E-state index contributed by atoms with van der Waals surface area (Å²) >= 11 is 0. The van der Waals surface area contributed by atoms with E-state index in [9.17, 15) is 13.6 Å². The highest BCUT2D eigenvalue weighted by Crippen LogP contribution is 2.28. The Morgan fingerprint density at radius 2 is 2.00 bits per heavy atom. The summed E-state index contributed by atoms with van der Waals surface area (Å²) in [4.78, 5) is 15.8. The Morgan fingerprint density at radius 1 is 1.33 bits per heavy atom. The fraction of sp³-hybridized carbons (Fsp3) is 0.333. The fourth-order valence-corrected chi connectivity index (χ4v) is 2.05. The van der Waals surface area contributed by atoms with Gasteiger partial charge in [-0.3, -0.25) is 4.57 Å². The first-order chi connectivity index (χ1) is 9.90. The van der Waals surface area contributed by atoms with Gasteiger partial charge >= 0.3 is 12.5 Å². The predicted molar refractivity (Wildman–Crippen MR) is 74.9 cm³/mol. The van der Waals surface area contributed by atoms with E-state index in [-0.39, 0.29) is 5.82 Å². The Balaban J connectivity index is 2.39. The smallest absolute Gasteiger partial charge is 0.331 e. The summed E-state index contributed by atoms with van der Waals surface area (Å²) < 4.78 is 32.5.